The van der Waals surface area contributed by atoms with Gasteiger partial charge in [-0.25, -0.2) is 0 Å². The van der Waals surface area contributed by atoms with Gasteiger partial charge in [0.2, 0.25) is 5.91 Å². The smallest absolute Gasteiger partial charge is 0.311 e. The Morgan fingerprint density at radius 1 is 0.975 bits per heavy atom. The summed E-state index contributed by atoms with van der Waals surface area (Å²) < 4.78 is 4.84. The van der Waals surface area contributed by atoms with Crippen molar-refractivity contribution in [1.82, 2.24) is 4.90 Å². The summed E-state index contributed by atoms with van der Waals surface area (Å²) in [6.07, 6.45) is 13.0. The monoisotopic (exact) mass is 560 g/mol. The van der Waals surface area contributed by atoms with Crippen molar-refractivity contribution in [1.29, 1.82) is 0 Å². The second kappa shape index (κ2) is 11.4. The largest absolute Gasteiger partial charge is 0.465 e. The Hall–Kier alpha value is -3.10. The van der Waals surface area contributed by atoms with Crippen LogP contribution >= 0.6 is 11.8 Å². The van der Waals surface area contributed by atoms with E-state index in [1.165, 1.54) is 0 Å². The Kier molecular flexibility index (Phi) is 7.73. The molecule has 210 valence electrons. The highest BCUT2D eigenvalue weighted by molar-refractivity contribution is 8.02. The highest BCUT2D eigenvalue weighted by Crippen LogP contribution is 2.60. The van der Waals surface area contributed by atoms with Crippen molar-refractivity contribution < 1.29 is 24.2 Å². The Labute approximate surface area is 239 Å². The number of unbranched alkanes of at least 4 members (excludes halogenated alkanes) is 2. The molecule has 40 heavy (non-hydrogen) atoms. The predicted octanol–water partition coefficient (Wildman–Crippen LogP) is 4.49. The number of amides is 2. The van der Waals surface area contributed by atoms with Gasteiger partial charge < -0.3 is 19.6 Å². The summed E-state index contributed by atoms with van der Waals surface area (Å²) in [7, 11) is 0. The number of aliphatic hydroxyl groups excluding tert-OH is 1. The molecule has 0 bridgehead atoms. The van der Waals surface area contributed by atoms with Crippen molar-refractivity contribution in [3.05, 3.63) is 66.8 Å². The maximum atomic E-state index is 14.6. The second-order valence-electron chi connectivity index (χ2n) is 11.1. The molecule has 2 aromatic rings. The molecule has 1 N–H and O–H groups in total. The van der Waals surface area contributed by atoms with Gasteiger partial charge in [0, 0.05) is 30.6 Å². The van der Waals surface area contributed by atoms with E-state index < -0.39 is 22.6 Å². The average Bonchev–Trinajstić information content (AvgIpc) is 3.35. The van der Waals surface area contributed by atoms with Crippen LogP contribution in [0.3, 0.4) is 0 Å². The number of esters is 1. The van der Waals surface area contributed by atoms with Crippen molar-refractivity contribution in [2.24, 2.45) is 11.8 Å². The lowest BCUT2D eigenvalue weighted by molar-refractivity contribution is -0.153. The highest BCUT2D eigenvalue weighted by Gasteiger charge is 2.70. The highest BCUT2D eigenvalue weighted by atomic mass is 32.2. The lowest BCUT2D eigenvalue weighted by Crippen LogP contribution is -2.53. The van der Waals surface area contributed by atoms with E-state index in [2.05, 4.69) is 12.2 Å². The molecular weight excluding hydrogens is 524 g/mol. The molecule has 1 spiro atoms. The van der Waals surface area contributed by atoms with Crippen molar-refractivity contribution in [3.8, 4) is 0 Å². The van der Waals surface area contributed by atoms with Gasteiger partial charge in [0.25, 0.3) is 5.91 Å². The predicted molar refractivity (Wildman–Crippen MR) is 157 cm³/mol. The van der Waals surface area contributed by atoms with Crippen LogP contribution in [-0.4, -0.2) is 70.1 Å². The summed E-state index contributed by atoms with van der Waals surface area (Å²) in [5.41, 5.74) is 0.794. The Morgan fingerprint density at radius 3 is 2.67 bits per heavy atom. The fourth-order valence-corrected chi connectivity index (χ4v) is 8.81. The number of benzene rings is 2. The molecule has 2 saturated heterocycles. The maximum Gasteiger partial charge on any atom is 0.311 e. The van der Waals surface area contributed by atoms with Crippen LogP contribution in [-0.2, 0) is 19.1 Å². The molecule has 7 nitrogen and oxygen atoms in total. The van der Waals surface area contributed by atoms with Crippen LogP contribution < -0.4 is 4.90 Å². The molecule has 1 unspecified atom stereocenters. The number of carbonyl (C=O) groups is 3. The maximum absolute atomic E-state index is 14.6. The summed E-state index contributed by atoms with van der Waals surface area (Å²) >= 11 is 1.58. The van der Waals surface area contributed by atoms with E-state index in [9.17, 15) is 19.5 Å². The van der Waals surface area contributed by atoms with Crippen LogP contribution in [0.15, 0.2) is 66.8 Å². The van der Waals surface area contributed by atoms with Gasteiger partial charge in [0.1, 0.15) is 6.04 Å². The Balaban J connectivity index is 1.41. The number of hydrogen-bond donors (Lipinski definition) is 1. The number of hydrogen-bond acceptors (Lipinski definition) is 6. The molecule has 6 rings (SSSR count). The first-order valence-electron chi connectivity index (χ1n) is 14.5. The minimum absolute atomic E-state index is 0.0964. The zero-order valence-electron chi connectivity index (χ0n) is 22.6. The number of anilines is 1. The van der Waals surface area contributed by atoms with Crippen LogP contribution in [0.4, 0.5) is 5.69 Å². The third-order valence-corrected chi connectivity index (χ3v) is 10.4. The van der Waals surface area contributed by atoms with Gasteiger partial charge in [0.15, 0.2) is 0 Å². The number of nitrogens with zero attached hydrogens (tertiary/aromatic N) is 2. The standard InChI is InChI=1S/C32H36N2O5S/c35-19-8-3-7-17-34-28-30(37)33(24-15-14-22-11-5-6-12-23(22)21-24)18-10-16-32(28)27(29(34)36)26-25(40-32)13-4-1-2-9-20-39-31(26)38/h4-6,10-16,21,25-28,35H,1-3,7-9,17-20H2/b13-4-/t25-,26+,27+,28?,32+/m1/s1. The van der Waals surface area contributed by atoms with Gasteiger partial charge in [-0.3, -0.25) is 14.4 Å². The first-order valence-corrected chi connectivity index (χ1v) is 15.3. The van der Waals surface area contributed by atoms with E-state index in [-0.39, 0.29) is 29.6 Å². The molecule has 5 atom stereocenters. The molecule has 0 radical (unpaired) electrons. The zero-order valence-corrected chi connectivity index (χ0v) is 23.4. The molecule has 2 aromatic carbocycles. The normalized spacial score (nSPS) is 31.0. The van der Waals surface area contributed by atoms with Crippen molar-refractivity contribution in [2.45, 2.75) is 54.6 Å². The average molecular weight is 561 g/mol. The van der Waals surface area contributed by atoms with E-state index >= 15 is 0 Å². The van der Waals surface area contributed by atoms with Crippen LogP contribution in [0.1, 0.15) is 38.5 Å². The summed E-state index contributed by atoms with van der Waals surface area (Å²) in [4.78, 5) is 45.8. The van der Waals surface area contributed by atoms with Crippen LogP contribution in [0.5, 0.6) is 0 Å². The molecule has 0 saturated carbocycles. The van der Waals surface area contributed by atoms with Gasteiger partial charge in [-0.2, -0.15) is 0 Å². The number of carbonyl (C=O) groups excluding carboxylic acids is 3. The molecule has 4 heterocycles. The zero-order chi connectivity index (χ0) is 27.7. The van der Waals surface area contributed by atoms with Crippen LogP contribution in [0.2, 0.25) is 0 Å². The fraction of sp³-hybridized carbons (Fsp3) is 0.469. The van der Waals surface area contributed by atoms with E-state index in [0.717, 1.165) is 42.1 Å². The van der Waals surface area contributed by atoms with E-state index in [0.29, 0.717) is 32.5 Å². The number of rotatable bonds is 6. The van der Waals surface area contributed by atoms with E-state index in [4.69, 9.17) is 4.74 Å². The second-order valence-corrected chi connectivity index (χ2v) is 12.6. The van der Waals surface area contributed by atoms with Gasteiger partial charge in [-0.05, 0) is 61.4 Å². The quantitative estimate of drug-likeness (QED) is 0.318. The molecular formula is C32H36N2O5S. The summed E-state index contributed by atoms with van der Waals surface area (Å²) in [5.74, 6) is -1.90. The summed E-state index contributed by atoms with van der Waals surface area (Å²) in [5, 5.41) is 11.2. The molecule has 0 aliphatic carbocycles. The summed E-state index contributed by atoms with van der Waals surface area (Å²) in [6, 6.07) is 13.4. The first kappa shape index (κ1) is 27.1. The molecule has 2 amide bonds. The number of aliphatic hydroxyl groups is 1. The number of thioether (sulfide) groups is 1. The SMILES string of the molecule is O=C1OCCCC/C=C\[C@H]2S[C@]34C=CCN(c5ccc6ccccc6c5)C(=O)C3N(CCCCCO)C(=O)[C@@H]4[C@@H]12. The third kappa shape index (κ3) is 4.65. The van der Waals surface area contributed by atoms with Crippen LogP contribution in [0.25, 0.3) is 10.8 Å². The molecule has 4 aliphatic rings. The summed E-state index contributed by atoms with van der Waals surface area (Å²) in [6.45, 7) is 1.26. The van der Waals surface area contributed by atoms with Crippen molar-refractivity contribution >= 4 is 46.0 Å². The van der Waals surface area contributed by atoms with Crippen LogP contribution in [0, 0.1) is 11.8 Å². The third-order valence-electron chi connectivity index (χ3n) is 8.70. The van der Waals surface area contributed by atoms with Gasteiger partial charge in [-0.15, -0.1) is 11.8 Å². The molecule has 8 heteroatoms. The van der Waals surface area contributed by atoms with Crippen molar-refractivity contribution in [2.75, 3.05) is 31.2 Å². The minimum Gasteiger partial charge on any atom is -0.465 e. The molecule has 0 aromatic heterocycles. The topological polar surface area (TPSA) is 87.2 Å². The Morgan fingerprint density at radius 2 is 1.82 bits per heavy atom. The van der Waals surface area contributed by atoms with Crippen molar-refractivity contribution in [3.63, 3.8) is 0 Å². The lowest BCUT2D eigenvalue weighted by atomic mass is 9.78. The van der Waals surface area contributed by atoms with Gasteiger partial charge >= 0.3 is 5.97 Å². The van der Waals surface area contributed by atoms with Gasteiger partial charge in [-0.1, -0.05) is 54.6 Å². The van der Waals surface area contributed by atoms with Gasteiger partial charge in [0.05, 0.1) is 23.2 Å². The fourth-order valence-electron chi connectivity index (χ4n) is 6.80. The molecule has 4 aliphatic heterocycles. The minimum atomic E-state index is -0.858. The number of ether oxygens (including phenoxy) is 1. The first-order chi connectivity index (χ1) is 19.5. The Bertz CT molecular complexity index is 1360. The molecule has 2 fully saturated rings. The number of allylic oxidation sites excluding steroid dienone is 1. The van der Waals surface area contributed by atoms with E-state index in [1.807, 2.05) is 54.6 Å². The number of cyclic esters (lactones) is 1. The lowest BCUT2D eigenvalue weighted by Gasteiger charge is -2.35. The van der Waals surface area contributed by atoms with E-state index in [1.54, 1.807) is 21.6 Å². The number of fused-ring (bicyclic) bond motifs is 3. The number of likely N-dealkylation sites (tertiary alicyclic amines) is 1.